The highest BCUT2D eigenvalue weighted by Gasteiger charge is 2.25. The molecule has 14 heavy (non-hydrogen) atoms. The lowest BCUT2D eigenvalue weighted by atomic mass is 9.93. The van der Waals surface area contributed by atoms with E-state index in [0.29, 0.717) is 12.0 Å². The fourth-order valence-corrected chi connectivity index (χ4v) is 1.71. The number of thiocarbonyl (C=S) groups is 1. The first-order valence-corrected chi connectivity index (χ1v) is 5.23. The number of nitrogens with one attached hydrogen (secondary N) is 1. The molecule has 4 nitrogen and oxygen atoms in total. The molecule has 3 N–H and O–H groups in total. The minimum absolute atomic E-state index is 0.233. The van der Waals surface area contributed by atoms with Crippen LogP contribution in [0.5, 0.6) is 0 Å². The maximum absolute atomic E-state index is 5.32. The molecule has 1 aliphatic heterocycles. The van der Waals surface area contributed by atoms with Crippen molar-refractivity contribution in [3.63, 3.8) is 0 Å². The second-order valence-corrected chi connectivity index (χ2v) is 4.41. The number of nitrogens with zero attached hydrogens (tertiary/aromatic N) is 2. The van der Waals surface area contributed by atoms with Gasteiger partial charge in [0.05, 0.1) is 0 Å². The van der Waals surface area contributed by atoms with Crippen LogP contribution in [0.1, 0.15) is 20.3 Å². The monoisotopic (exact) mass is 214 g/mol. The van der Waals surface area contributed by atoms with Gasteiger partial charge in [-0.1, -0.05) is 6.92 Å². The molecule has 1 aliphatic rings. The summed E-state index contributed by atoms with van der Waals surface area (Å²) in [6.07, 6.45) is 0.979. The SMILES string of the molecule is C[C@@H]1CC(=NNC(N)=S)[C@@H](C)CN1C. The molecule has 1 rings (SSSR count). The molecular weight excluding hydrogens is 196 g/mol. The Labute approximate surface area is 90.5 Å². The van der Waals surface area contributed by atoms with E-state index in [-0.39, 0.29) is 5.11 Å². The molecule has 0 aromatic heterocycles. The van der Waals surface area contributed by atoms with Crippen molar-refractivity contribution in [3.8, 4) is 0 Å². The van der Waals surface area contributed by atoms with Crippen LogP contribution in [0.4, 0.5) is 0 Å². The number of rotatable bonds is 1. The third-order valence-corrected chi connectivity index (χ3v) is 2.79. The highest BCUT2D eigenvalue weighted by molar-refractivity contribution is 7.80. The van der Waals surface area contributed by atoms with Gasteiger partial charge in [0.2, 0.25) is 0 Å². The van der Waals surface area contributed by atoms with E-state index in [1.165, 1.54) is 0 Å². The van der Waals surface area contributed by atoms with Crippen LogP contribution in [0.25, 0.3) is 0 Å². The third kappa shape index (κ3) is 2.92. The predicted octanol–water partition coefficient (Wildman–Crippen LogP) is 0.536. The first-order valence-electron chi connectivity index (χ1n) is 4.83. The molecule has 0 aromatic rings. The maximum Gasteiger partial charge on any atom is 0.184 e. The Balaban J connectivity index is 2.60. The first kappa shape index (κ1) is 11.4. The summed E-state index contributed by atoms with van der Waals surface area (Å²) >= 11 is 4.70. The van der Waals surface area contributed by atoms with Crippen molar-refractivity contribution in [2.24, 2.45) is 16.8 Å². The van der Waals surface area contributed by atoms with Crippen LogP contribution in [0.2, 0.25) is 0 Å². The fraction of sp³-hybridized carbons (Fsp3) is 0.778. The number of hydrogen-bond acceptors (Lipinski definition) is 3. The average Bonchev–Trinajstić information content (AvgIpc) is 2.09. The molecule has 1 saturated heterocycles. The standard InChI is InChI=1S/C9H18N4S/c1-6-5-13(3)7(2)4-8(6)11-12-9(10)14/h6-7H,4-5H2,1-3H3,(H3,10,12,14)/t6-,7+/m0/s1. The Morgan fingerprint density at radius 3 is 2.86 bits per heavy atom. The van der Waals surface area contributed by atoms with E-state index in [0.717, 1.165) is 18.7 Å². The summed E-state index contributed by atoms with van der Waals surface area (Å²) < 4.78 is 0. The summed E-state index contributed by atoms with van der Waals surface area (Å²) in [6.45, 7) is 5.41. The van der Waals surface area contributed by atoms with Gasteiger partial charge >= 0.3 is 0 Å². The zero-order chi connectivity index (χ0) is 10.7. The Kier molecular flexibility index (Phi) is 3.83. The predicted molar refractivity (Wildman–Crippen MR) is 63.2 cm³/mol. The smallest absolute Gasteiger partial charge is 0.184 e. The molecule has 0 unspecified atom stereocenters. The molecule has 0 radical (unpaired) electrons. The summed E-state index contributed by atoms with van der Waals surface area (Å²) in [5, 5.41) is 4.46. The number of likely N-dealkylation sites (tertiary alicyclic amines) is 1. The fourth-order valence-electron chi connectivity index (χ4n) is 1.66. The molecule has 0 spiro atoms. The normalized spacial score (nSPS) is 31.8. The van der Waals surface area contributed by atoms with Gasteiger partial charge in [-0.25, -0.2) is 0 Å². The van der Waals surface area contributed by atoms with Gasteiger partial charge in [-0.3, -0.25) is 5.43 Å². The van der Waals surface area contributed by atoms with Crippen molar-refractivity contribution in [1.29, 1.82) is 0 Å². The van der Waals surface area contributed by atoms with Gasteiger partial charge in [-0.05, 0) is 26.2 Å². The Bertz CT molecular complexity index is 251. The number of hydrogen-bond donors (Lipinski definition) is 2. The van der Waals surface area contributed by atoms with Crippen LogP contribution in [0, 0.1) is 5.92 Å². The van der Waals surface area contributed by atoms with Gasteiger partial charge in [0, 0.05) is 30.6 Å². The maximum atomic E-state index is 5.32. The largest absolute Gasteiger partial charge is 0.375 e. The first-order chi connectivity index (χ1) is 6.50. The van der Waals surface area contributed by atoms with Crippen LogP contribution in [0.3, 0.4) is 0 Å². The number of nitrogens with two attached hydrogens (primary N) is 1. The lowest BCUT2D eigenvalue weighted by molar-refractivity contribution is 0.225. The van der Waals surface area contributed by atoms with Gasteiger partial charge < -0.3 is 10.6 Å². The summed E-state index contributed by atoms with van der Waals surface area (Å²) in [5.41, 5.74) is 9.14. The van der Waals surface area contributed by atoms with E-state index in [1.54, 1.807) is 0 Å². The Morgan fingerprint density at radius 1 is 1.64 bits per heavy atom. The van der Waals surface area contributed by atoms with Gasteiger partial charge in [0.25, 0.3) is 0 Å². The molecule has 5 heteroatoms. The van der Waals surface area contributed by atoms with Crippen LogP contribution in [-0.2, 0) is 0 Å². The zero-order valence-electron chi connectivity index (χ0n) is 8.95. The third-order valence-electron chi connectivity index (χ3n) is 2.70. The quantitative estimate of drug-likeness (QED) is 0.494. The molecule has 1 fully saturated rings. The van der Waals surface area contributed by atoms with Crippen molar-refractivity contribution in [1.82, 2.24) is 10.3 Å². The minimum Gasteiger partial charge on any atom is -0.375 e. The highest BCUT2D eigenvalue weighted by Crippen LogP contribution is 2.17. The van der Waals surface area contributed by atoms with Crippen molar-refractivity contribution in [2.75, 3.05) is 13.6 Å². The minimum atomic E-state index is 0.233. The average molecular weight is 214 g/mol. The van der Waals surface area contributed by atoms with E-state index in [9.17, 15) is 0 Å². The molecular formula is C9H18N4S. The summed E-state index contributed by atoms with van der Waals surface area (Å²) in [6, 6.07) is 0.540. The molecule has 80 valence electrons. The number of piperidine rings is 1. The van der Waals surface area contributed by atoms with Crippen LogP contribution < -0.4 is 11.2 Å². The van der Waals surface area contributed by atoms with Gasteiger partial charge in [0.15, 0.2) is 5.11 Å². The van der Waals surface area contributed by atoms with Crippen molar-refractivity contribution in [3.05, 3.63) is 0 Å². The van der Waals surface area contributed by atoms with Gasteiger partial charge in [-0.2, -0.15) is 5.10 Å². The van der Waals surface area contributed by atoms with Crippen molar-refractivity contribution in [2.45, 2.75) is 26.3 Å². The van der Waals surface area contributed by atoms with Crippen LogP contribution in [-0.4, -0.2) is 35.4 Å². The molecule has 2 atom stereocenters. The molecule has 0 amide bonds. The van der Waals surface area contributed by atoms with E-state index < -0.39 is 0 Å². The van der Waals surface area contributed by atoms with Crippen molar-refractivity contribution >= 4 is 23.0 Å². The van der Waals surface area contributed by atoms with E-state index in [4.69, 9.17) is 18.0 Å². The summed E-state index contributed by atoms with van der Waals surface area (Å²) in [4.78, 5) is 2.34. The summed E-state index contributed by atoms with van der Waals surface area (Å²) in [7, 11) is 2.14. The van der Waals surface area contributed by atoms with Crippen LogP contribution in [0.15, 0.2) is 5.10 Å². The lowest BCUT2D eigenvalue weighted by Crippen LogP contribution is -2.44. The van der Waals surface area contributed by atoms with Crippen LogP contribution >= 0.6 is 12.2 Å². The van der Waals surface area contributed by atoms with Crippen molar-refractivity contribution < 1.29 is 0 Å². The van der Waals surface area contributed by atoms with Gasteiger partial charge in [-0.15, -0.1) is 0 Å². The zero-order valence-corrected chi connectivity index (χ0v) is 9.77. The summed E-state index contributed by atoms with van der Waals surface area (Å²) in [5.74, 6) is 0.470. The molecule has 1 heterocycles. The lowest BCUT2D eigenvalue weighted by Gasteiger charge is -2.34. The van der Waals surface area contributed by atoms with E-state index >= 15 is 0 Å². The molecule has 0 saturated carbocycles. The molecule has 0 aliphatic carbocycles. The van der Waals surface area contributed by atoms with E-state index in [1.807, 2.05) is 0 Å². The second kappa shape index (κ2) is 4.70. The van der Waals surface area contributed by atoms with E-state index in [2.05, 4.69) is 36.3 Å². The Hall–Kier alpha value is -0.680. The topological polar surface area (TPSA) is 53.6 Å². The Morgan fingerprint density at radius 2 is 2.29 bits per heavy atom. The number of hydrazone groups is 1. The molecule has 0 bridgehead atoms. The molecule has 0 aromatic carbocycles. The van der Waals surface area contributed by atoms with Gasteiger partial charge in [0.1, 0.15) is 0 Å². The second-order valence-electron chi connectivity index (χ2n) is 3.97. The highest BCUT2D eigenvalue weighted by atomic mass is 32.1.